The van der Waals surface area contributed by atoms with Crippen LogP contribution in [0.3, 0.4) is 0 Å². The zero-order valence-electron chi connectivity index (χ0n) is 13.6. The van der Waals surface area contributed by atoms with Crippen molar-refractivity contribution in [3.63, 3.8) is 0 Å². The average molecular weight is 268 g/mol. The second-order valence-corrected chi connectivity index (χ2v) is 7.14. The lowest BCUT2D eigenvalue weighted by Crippen LogP contribution is -2.38. The fraction of sp³-hybridized carbons (Fsp3) is 0.941. The van der Waals surface area contributed by atoms with Crippen LogP contribution in [0.5, 0.6) is 0 Å². The average Bonchev–Trinajstić information content (AvgIpc) is 2.39. The highest BCUT2D eigenvalue weighted by atomic mass is 16.6. The topological polar surface area (TPSA) is 26.3 Å². The molecule has 0 saturated heterocycles. The minimum atomic E-state index is -0.153. The van der Waals surface area contributed by atoms with Gasteiger partial charge < -0.3 is 4.74 Å². The first-order valence-electron chi connectivity index (χ1n) is 8.07. The van der Waals surface area contributed by atoms with Crippen LogP contribution in [0.25, 0.3) is 0 Å². The molecule has 1 aliphatic carbocycles. The summed E-state index contributed by atoms with van der Waals surface area (Å²) in [6.07, 6.45) is 8.79. The summed E-state index contributed by atoms with van der Waals surface area (Å²) in [6.45, 7) is 10.8. The van der Waals surface area contributed by atoms with Gasteiger partial charge in [-0.3, -0.25) is 4.79 Å². The Morgan fingerprint density at radius 1 is 1.21 bits per heavy atom. The van der Waals surface area contributed by atoms with Crippen molar-refractivity contribution in [2.24, 2.45) is 11.3 Å². The van der Waals surface area contributed by atoms with Gasteiger partial charge in [0.25, 0.3) is 0 Å². The SMILES string of the molecule is CCC(C)(C)CC(C)C(=O)OC1(CC)CCCCC1. The van der Waals surface area contributed by atoms with Crippen molar-refractivity contribution in [1.29, 1.82) is 0 Å². The molecular weight excluding hydrogens is 236 g/mol. The Hall–Kier alpha value is -0.530. The molecule has 0 spiro atoms. The zero-order valence-corrected chi connectivity index (χ0v) is 13.6. The number of carbonyl (C=O) groups is 1. The van der Waals surface area contributed by atoms with Crippen molar-refractivity contribution >= 4 is 5.97 Å². The van der Waals surface area contributed by atoms with Crippen molar-refractivity contribution in [3.8, 4) is 0 Å². The molecule has 1 fully saturated rings. The van der Waals surface area contributed by atoms with Crippen LogP contribution < -0.4 is 0 Å². The van der Waals surface area contributed by atoms with Gasteiger partial charge in [-0.15, -0.1) is 0 Å². The summed E-state index contributed by atoms with van der Waals surface area (Å²) < 4.78 is 5.94. The zero-order chi connectivity index (χ0) is 14.5. The van der Waals surface area contributed by atoms with Gasteiger partial charge in [0.2, 0.25) is 0 Å². The van der Waals surface area contributed by atoms with E-state index in [0.717, 1.165) is 32.1 Å². The van der Waals surface area contributed by atoms with Gasteiger partial charge in [-0.1, -0.05) is 47.5 Å². The monoisotopic (exact) mass is 268 g/mol. The standard InChI is InChI=1S/C17H32O2/c1-6-16(4,5)13-14(3)15(18)19-17(7-2)11-9-8-10-12-17/h14H,6-13H2,1-5H3. The molecule has 0 bridgehead atoms. The summed E-state index contributed by atoms with van der Waals surface area (Å²) in [4.78, 5) is 12.3. The first kappa shape index (κ1) is 16.5. The maximum absolute atomic E-state index is 12.3. The fourth-order valence-electron chi connectivity index (χ4n) is 3.09. The molecule has 0 heterocycles. The van der Waals surface area contributed by atoms with Crippen molar-refractivity contribution in [3.05, 3.63) is 0 Å². The minimum Gasteiger partial charge on any atom is -0.459 e. The molecule has 0 amide bonds. The van der Waals surface area contributed by atoms with Gasteiger partial charge in [-0.25, -0.2) is 0 Å². The number of rotatable bonds is 6. The Morgan fingerprint density at radius 3 is 2.26 bits per heavy atom. The van der Waals surface area contributed by atoms with Gasteiger partial charge in [0.05, 0.1) is 5.92 Å². The molecule has 2 nitrogen and oxygen atoms in total. The van der Waals surface area contributed by atoms with E-state index in [4.69, 9.17) is 4.74 Å². The molecule has 0 aliphatic heterocycles. The maximum Gasteiger partial charge on any atom is 0.309 e. The molecule has 1 rings (SSSR count). The summed E-state index contributed by atoms with van der Waals surface area (Å²) in [6, 6.07) is 0. The van der Waals surface area contributed by atoms with E-state index < -0.39 is 0 Å². The second-order valence-electron chi connectivity index (χ2n) is 7.14. The van der Waals surface area contributed by atoms with Gasteiger partial charge in [0.15, 0.2) is 0 Å². The molecule has 0 aromatic heterocycles. The van der Waals surface area contributed by atoms with E-state index in [1.807, 2.05) is 6.92 Å². The molecule has 1 saturated carbocycles. The summed E-state index contributed by atoms with van der Waals surface area (Å²) in [5.41, 5.74) is 0.0737. The van der Waals surface area contributed by atoms with E-state index >= 15 is 0 Å². The molecule has 112 valence electrons. The van der Waals surface area contributed by atoms with E-state index in [0.29, 0.717) is 0 Å². The van der Waals surface area contributed by atoms with E-state index in [-0.39, 0.29) is 22.9 Å². The number of carbonyl (C=O) groups excluding carboxylic acids is 1. The molecule has 0 aromatic rings. The normalized spacial score (nSPS) is 20.9. The van der Waals surface area contributed by atoms with E-state index in [2.05, 4.69) is 27.7 Å². The van der Waals surface area contributed by atoms with Crippen LogP contribution in [0.2, 0.25) is 0 Å². The Labute approximate surface area is 119 Å². The highest BCUT2D eigenvalue weighted by Gasteiger charge is 2.36. The van der Waals surface area contributed by atoms with Gasteiger partial charge >= 0.3 is 5.97 Å². The minimum absolute atomic E-state index is 0.0142. The lowest BCUT2D eigenvalue weighted by atomic mass is 9.80. The number of ether oxygens (including phenoxy) is 1. The second kappa shape index (κ2) is 6.76. The lowest BCUT2D eigenvalue weighted by Gasteiger charge is -2.37. The highest BCUT2D eigenvalue weighted by Crippen LogP contribution is 2.36. The summed E-state index contributed by atoms with van der Waals surface area (Å²) in [7, 11) is 0. The summed E-state index contributed by atoms with van der Waals surface area (Å²) in [5.74, 6) is 0.0329. The lowest BCUT2D eigenvalue weighted by molar-refractivity contribution is -0.169. The molecule has 1 aliphatic rings. The third-order valence-corrected chi connectivity index (χ3v) is 4.94. The van der Waals surface area contributed by atoms with Crippen LogP contribution in [0.4, 0.5) is 0 Å². The smallest absolute Gasteiger partial charge is 0.309 e. The Balaban J connectivity index is 2.57. The number of hydrogen-bond donors (Lipinski definition) is 0. The van der Waals surface area contributed by atoms with E-state index in [1.54, 1.807) is 0 Å². The third kappa shape index (κ3) is 4.81. The maximum atomic E-state index is 12.3. The fourth-order valence-corrected chi connectivity index (χ4v) is 3.09. The quantitative estimate of drug-likeness (QED) is 0.626. The molecule has 0 N–H and O–H groups in total. The van der Waals surface area contributed by atoms with Crippen molar-refractivity contribution < 1.29 is 9.53 Å². The predicted octanol–water partition coefficient (Wildman–Crippen LogP) is 5.10. The molecule has 0 aromatic carbocycles. The molecule has 19 heavy (non-hydrogen) atoms. The van der Waals surface area contributed by atoms with Crippen LogP contribution in [-0.2, 0) is 9.53 Å². The van der Waals surface area contributed by atoms with Crippen LogP contribution in [0.15, 0.2) is 0 Å². The van der Waals surface area contributed by atoms with Gasteiger partial charge in [-0.05, 0) is 43.9 Å². The van der Waals surface area contributed by atoms with Crippen LogP contribution in [0.1, 0.15) is 86.0 Å². The van der Waals surface area contributed by atoms with Gasteiger partial charge in [0, 0.05) is 0 Å². The van der Waals surface area contributed by atoms with Crippen LogP contribution >= 0.6 is 0 Å². The Bertz CT molecular complexity index is 288. The van der Waals surface area contributed by atoms with Gasteiger partial charge in [-0.2, -0.15) is 0 Å². The number of esters is 1. The molecule has 2 heteroatoms. The molecular formula is C17H32O2. The molecule has 0 radical (unpaired) electrons. The molecule has 1 atom stereocenters. The van der Waals surface area contributed by atoms with Gasteiger partial charge in [0.1, 0.15) is 5.60 Å². The Kier molecular flexibility index (Phi) is 5.88. The van der Waals surface area contributed by atoms with E-state index in [9.17, 15) is 4.79 Å². The number of hydrogen-bond acceptors (Lipinski definition) is 2. The van der Waals surface area contributed by atoms with Crippen molar-refractivity contribution in [2.45, 2.75) is 91.6 Å². The first-order chi connectivity index (χ1) is 8.84. The Morgan fingerprint density at radius 2 is 1.79 bits per heavy atom. The largest absolute Gasteiger partial charge is 0.459 e. The highest BCUT2D eigenvalue weighted by molar-refractivity contribution is 5.72. The van der Waals surface area contributed by atoms with Crippen molar-refractivity contribution in [1.82, 2.24) is 0 Å². The molecule has 1 unspecified atom stereocenters. The first-order valence-corrected chi connectivity index (χ1v) is 8.07. The van der Waals surface area contributed by atoms with Crippen LogP contribution in [0, 0.1) is 11.3 Å². The summed E-state index contributed by atoms with van der Waals surface area (Å²) in [5, 5.41) is 0. The van der Waals surface area contributed by atoms with E-state index in [1.165, 1.54) is 19.3 Å². The predicted molar refractivity (Wildman–Crippen MR) is 80.1 cm³/mol. The van der Waals surface area contributed by atoms with Crippen molar-refractivity contribution in [2.75, 3.05) is 0 Å². The summed E-state index contributed by atoms with van der Waals surface area (Å²) >= 11 is 0. The third-order valence-electron chi connectivity index (χ3n) is 4.94. The van der Waals surface area contributed by atoms with Crippen LogP contribution in [-0.4, -0.2) is 11.6 Å².